The van der Waals surface area contributed by atoms with Crippen LogP contribution in [0.25, 0.3) is 0 Å². The van der Waals surface area contributed by atoms with E-state index >= 15 is 0 Å². The average molecular weight is 451 g/mol. The van der Waals surface area contributed by atoms with Crippen LogP contribution >= 0.6 is 58.0 Å². The Morgan fingerprint density at radius 2 is 1.52 bits per heavy atom. The van der Waals surface area contributed by atoms with Gasteiger partial charge >= 0.3 is 6.18 Å². The van der Waals surface area contributed by atoms with Gasteiger partial charge in [-0.1, -0.05) is 58.0 Å². The van der Waals surface area contributed by atoms with Gasteiger partial charge in [0.15, 0.2) is 0 Å². The van der Waals surface area contributed by atoms with Gasteiger partial charge in [-0.25, -0.2) is 0 Å². The van der Waals surface area contributed by atoms with Crippen molar-refractivity contribution in [1.29, 1.82) is 0 Å². The van der Waals surface area contributed by atoms with E-state index in [0.29, 0.717) is 6.07 Å². The smallest absolute Gasteiger partial charge is 0.322 e. The molecule has 1 N–H and O–H groups in total. The summed E-state index contributed by atoms with van der Waals surface area (Å²) in [4.78, 5) is 12.4. The number of nitrogens with one attached hydrogen (secondary N) is 1. The van der Waals surface area contributed by atoms with Crippen molar-refractivity contribution >= 4 is 69.6 Å². The summed E-state index contributed by atoms with van der Waals surface area (Å²) in [6, 6.07) is 2.96. The molecule has 0 heterocycles. The van der Waals surface area contributed by atoms with Gasteiger partial charge in [-0.05, 0) is 30.7 Å². The molecule has 0 fully saturated rings. The number of halogens is 8. The van der Waals surface area contributed by atoms with Crippen LogP contribution in [0, 0.1) is 6.92 Å². The maximum atomic E-state index is 12.9. The lowest BCUT2D eigenvalue weighted by molar-refractivity contribution is -0.137. The van der Waals surface area contributed by atoms with Crippen LogP contribution in [0.5, 0.6) is 0 Å². The first kappa shape index (κ1) is 20.5. The predicted molar refractivity (Wildman–Crippen MR) is 95.6 cm³/mol. The molecule has 0 aliphatic carbocycles. The molecule has 0 saturated heterocycles. The highest BCUT2D eigenvalue weighted by Crippen LogP contribution is 2.41. The molecule has 0 aliphatic heterocycles. The summed E-state index contributed by atoms with van der Waals surface area (Å²) in [5, 5.41) is 1.54. The molecule has 0 radical (unpaired) electrons. The summed E-state index contributed by atoms with van der Waals surface area (Å²) in [6.45, 7) is 1.48. The van der Waals surface area contributed by atoms with Crippen LogP contribution in [-0.2, 0) is 6.18 Å². The van der Waals surface area contributed by atoms with Gasteiger partial charge in [0.05, 0.1) is 36.2 Å². The molecule has 134 valence electrons. The van der Waals surface area contributed by atoms with Crippen LogP contribution in [0.3, 0.4) is 0 Å². The number of benzene rings is 2. The van der Waals surface area contributed by atoms with Crippen LogP contribution in [0.15, 0.2) is 18.2 Å². The standard InChI is InChI=1S/C15H7Cl5F3NO/c1-5-9(11(18)13(20)12(19)10(5)17)14(25)24-6-2-3-8(16)7(4-6)15(21,22)23/h2-4H,1H3,(H,24,25). The number of rotatable bonds is 2. The molecule has 2 aromatic rings. The van der Waals surface area contributed by atoms with Gasteiger partial charge < -0.3 is 5.32 Å². The van der Waals surface area contributed by atoms with Crippen molar-refractivity contribution in [1.82, 2.24) is 0 Å². The van der Waals surface area contributed by atoms with Crippen molar-refractivity contribution in [2.24, 2.45) is 0 Å². The maximum Gasteiger partial charge on any atom is 0.417 e. The number of alkyl halides is 3. The van der Waals surface area contributed by atoms with E-state index < -0.39 is 22.7 Å². The molecule has 2 aromatic carbocycles. The minimum atomic E-state index is -4.67. The Bertz CT molecular complexity index is 838. The summed E-state index contributed by atoms with van der Waals surface area (Å²) in [7, 11) is 0. The van der Waals surface area contributed by atoms with E-state index in [1.807, 2.05) is 0 Å². The Labute approximate surface area is 165 Å². The van der Waals surface area contributed by atoms with Crippen LogP contribution in [0.1, 0.15) is 21.5 Å². The van der Waals surface area contributed by atoms with Crippen molar-refractivity contribution in [3.63, 3.8) is 0 Å². The molecule has 2 rings (SSSR count). The molecule has 0 bridgehead atoms. The zero-order valence-corrected chi connectivity index (χ0v) is 15.9. The molecular formula is C15H7Cl5F3NO. The van der Waals surface area contributed by atoms with Crippen LogP contribution in [0.2, 0.25) is 25.1 Å². The summed E-state index contributed by atoms with van der Waals surface area (Å²) < 4.78 is 38.7. The lowest BCUT2D eigenvalue weighted by Crippen LogP contribution is -2.16. The van der Waals surface area contributed by atoms with E-state index in [-0.39, 0.29) is 36.9 Å². The topological polar surface area (TPSA) is 29.1 Å². The van der Waals surface area contributed by atoms with E-state index in [4.69, 9.17) is 58.0 Å². The number of hydrogen-bond acceptors (Lipinski definition) is 1. The summed E-state index contributed by atoms with van der Waals surface area (Å²) in [5.74, 6) is -0.793. The van der Waals surface area contributed by atoms with Gasteiger partial charge in [-0.3, -0.25) is 4.79 Å². The number of carbonyl (C=O) groups excluding carboxylic acids is 1. The van der Waals surface area contributed by atoms with E-state index in [0.717, 1.165) is 6.07 Å². The second-order valence-corrected chi connectivity index (χ2v) is 6.82. The fourth-order valence-electron chi connectivity index (χ4n) is 2.03. The summed E-state index contributed by atoms with van der Waals surface area (Å²) >= 11 is 29.4. The Morgan fingerprint density at radius 3 is 2.08 bits per heavy atom. The Morgan fingerprint density at radius 1 is 0.960 bits per heavy atom. The van der Waals surface area contributed by atoms with Crippen molar-refractivity contribution in [3.8, 4) is 0 Å². The highest BCUT2D eigenvalue weighted by molar-refractivity contribution is 6.53. The molecule has 0 saturated carbocycles. The fourth-order valence-corrected chi connectivity index (χ4v) is 3.28. The first-order valence-corrected chi connectivity index (χ1v) is 8.34. The molecule has 2 nitrogen and oxygen atoms in total. The Kier molecular flexibility index (Phi) is 6.07. The van der Waals surface area contributed by atoms with Gasteiger partial charge in [0, 0.05) is 5.69 Å². The summed E-state index contributed by atoms with van der Waals surface area (Å²) in [6.07, 6.45) is -4.67. The Hall–Kier alpha value is -0.850. The predicted octanol–water partition coefficient (Wildman–Crippen LogP) is 7.53. The first-order valence-electron chi connectivity index (χ1n) is 6.45. The molecule has 10 heteroatoms. The molecule has 0 aliphatic rings. The average Bonchev–Trinajstić information content (AvgIpc) is 2.52. The molecule has 1 amide bonds. The third-order valence-corrected chi connectivity index (χ3v) is 5.48. The minimum Gasteiger partial charge on any atom is -0.322 e. The lowest BCUT2D eigenvalue weighted by atomic mass is 10.1. The molecule has 0 spiro atoms. The second kappa shape index (κ2) is 7.41. The quantitative estimate of drug-likeness (QED) is 0.371. The van der Waals surface area contributed by atoms with E-state index in [2.05, 4.69) is 5.32 Å². The molecule has 0 atom stereocenters. The molecule has 0 aromatic heterocycles. The normalized spacial score (nSPS) is 11.6. The van der Waals surface area contributed by atoms with Crippen molar-refractivity contribution in [2.75, 3.05) is 5.32 Å². The van der Waals surface area contributed by atoms with Gasteiger partial charge in [0.1, 0.15) is 0 Å². The summed E-state index contributed by atoms with van der Waals surface area (Å²) in [5.41, 5.74) is -1.06. The van der Waals surface area contributed by atoms with E-state index in [1.54, 1.807) is 0 Å². The van der Waals surface area contributed by atoms with Gasteiger partial charge in [0.2, 0.25) is 0 Å². The highest BCUT2D eigenvalue weighted by atomic mass is 35.5. The highest BCUT2D eigenvalue weighted by Gasteiger charge is 2.33. The van der Waals surface area contributed by atoms with Crippen molar-refractivity contribution in [3.05, 3.63) is 60.0 Å². The fraction of sp³-hybridized carbons (Fsp3) is 0.133. The zero-order valence-electron chi connectivity index (χ0n) is 12.2. The van der Waals surface area contributed by atoms with Crippen LogP contribution in [0.4, 0.5) is 18.9 Å². The van der Waals surface area contributed by atoms with E-state index in [1.165, 1.54) is 13.0 Å². The lowest BCUT2D eigenvalue weighted by Gasteiger charge is -2.15. The first-order chi connectivity index (χ1) is 11.4. The third-order valence-electron chi connectivity index (χ3n) is 3.26. The van der Waals surface area contributed by atoms with Gasteiger partial charge in [-0.2, -0.15) is 13.2 Å². The zero-order chi connectivity index (χ0) is 19.1. The van der Waals surface area contributed by atoms with E-state index in [9.17, 15) is 18.0 Å². The third kappa shape index (κ3) is 4.12. The largest absolute Gasteiger partial charge is 0.417 e. The number of amides is 1. The van der Waals surface area contributed by atoms with Crippen LogP contribution < -0.4 is 5.32 Å². The minimum absolute atomic E-state index is 0.0202. The van der Waals surface area contributed by atoms with Crippen molar-refractivity contribution < 1.29 is 18.0 Å². The van der Waals surface area contributed by atoms with Gasteiger partial charge in [0.25, 0.3) is 5.91 Å². The number of anilines is 1. The SMILES string of the molecule is Cc1c(Cl)c(Cl)c(Cl)c(Cl)c1C(=O)Nc1ccc(Cl)c(C(F)(F)F)c1. The van der Waals surface area contributed by atoms with Crippen LogP contribution in [-0.4, -0.2) is 5.91 Å². The molecule has 0 unspecified atom stereocenters. The maximum absolute atomic E-state index is 12.9. The van der Waals surface area contributed by atoms with Crippen molar-refractivity contribution in [2.45, 2.75) is 13.1 Å². The molecular weight excluding hydrogens is 444 g/mol. The van der Waals surface area contributed by atoms with Gasteiger partial charge in [-0.15, -0.1) is 0 Å². The molecule has 25 heavy (non-hydrogen) atoms. The Balaban J connectivity index is 2.46. The second-order valence-electron chi connectivity index (χ2n) is 4.90. The number of hydrogen-bond donors (Lipinski definition) is 1. The monoisotopic (exact) mass is 449 g/mol. The number of carbonyl (C=O) groups is 1.